The Labute approximate surface area is 146 Å². The zero-order valence-electron chi connectivity index (χ0n) is 15.7. The van der Waals surface area contributed by atoms with Gasteiger partial charge in [-0.3, -0.25) is 4.79 Å². The molecule has 1 N–H and O–H groups in total. The van der Waals surface area contributed by atoms with Gasteiger partial charge in [0.25, 0.3) is 0 Å². The first-order valence-corrected chi connectivity index (χ1v) is 12.1. The molecule has 0 aromatic rings. The van der Waals surface area contributed by atoms with E-state index < -0.39 is 25.3 Å². The van der Waals surface area contributed by atoms with Gasteiger partial charge in [0.15, 0.2) is 8.32 Å². The lowest BCUT2D eigenvalue weighted by Gasteiger charge is -2.60. The molecule has 4 fully saturated rings. The number of hydrogen-bond acceptors (Lipinski definition) is 4. The number of aliphatic hydroxyl groups is 1. The van der Waals surface area contributed by atoms with E-state index in [1.165, 1.54) is 0 Å². The van der Waals surface area contributed by atoms with Crippen molar-refractivity contribution in [3.05, 3.63) is 12.7 Å². The molecule has 1 saturated heterocycles. The molecule has 4 aliphatic rings. The van der Waals surface area contributed by atoms with E-state index in [1.54, 1.807) is 0 Å². The molecule has 2 bridgehead atoms. The van der Waals surface area contributed by atoms with Gasteiger partial charge >= 0.3 is 5.97 Å². The quantitative estimate of drug-likeness (QED) is 0.477. The van der Waals surface area contributed by atoms with E-state index in [9.17, 15) is 9.90 Å². The largest absolute Gasteiger partial charge is 0.454 e. The molecular formula is C19H32O4Si. The van der Waals surface area contributed by atoms with Crippen LogP contribution in [0.1, 0.15) is 46.5 Å². The SMILES string of the molecule is C=C[C@@]12C[C@H]3CC[C@@]1([C@@H](O[Si](C)(C)C(C)(C)C)C3)[C@@H](CO)C(=O)O2. The lowest BCUT2D eigenvalue weighted by atomic mass is 9.48. The van der Waals surface area contributed by atoms with Crippen LogP contribution in [0, 0.1) is 17.3 Å². The average Bonchev–Trinajstić information content (AvgIpc) is 2.73. The second kappa shape index (κ2) is 5.42. The van der Waals surface area contributed by atoms with Crippen LogP contribution >= 0.6 is 0 Å². The fourth-order valence-electron chi connectivity index (χ4n) is 5.05. The van der Waals surface area contributed by atoms with Gasteiger partial charge in [-0.15, -0.1) is 0 Å². The number of fused-ring (bicyclic) bond motifs is 2. The van der Waals surface area contributed by atoms with E-state index in [0.717, 1.165) is 25.7 Å². The van der Waals surface area contributed by atoms with Gasteiger partial charge in [-0.1, -0.05) is 27.4 Å². The number of aliphatic hydroxyl groups excluding tert-OH is 1. The maximum atomic E-state index is 12.6. The lowest BCUT2D eigenvalue weighted by Crippen LogP contribution is -2.65. The predicted molar refractivity (Wildman–Crippen MR) is 96.1 cm³/mol. The summed E-state index contributed by atoms with van der Waals surface area (Å²) in [4.78, 5) is 12.6. The number of rotatable bonds is 4. The Morgan fingerprint density at radius 2 is 2.12 bits per heavy atom. The Morgan fingerprint density at radius 3 is 2.67 bits per heavy atom. The summed E-state index contributed by atoms with van der Waals surface area (Å²) in [5, 5.41) is 10.1. The van der Waals surface area contributed by atoms with Crippen molar-refractivity contribution in [1.29, 1.82) is 0 Å². The molecule has 0 radical (unpaired) electrons. The zero-order valence-corrected chi connectivity index (χ0v) is 16.7. The fourth-order valence-corrected chi connectivity index (χ4v) is 6.42. The summed E-state index contributed by atoms with van der Waals surface area (Å²) in [6, 6.07) is 0. The highest BCUT2D eigenvalue weighted by Crippen LogP contribution is 2.66. The molecule has 136 valence electrons. The Balaban J connectivity index is 2.05. The van der Waals surface area contributed by atoms with Crippen LogP contribution in [0.4, 0.5) is 0 Å². The van der Waals surface area contributed by atoms with Crippen molar-refractivity contribution in [3.8, 4) is 0 Å². The van der Waals surface area contributed by atoms with Crippen molar-refractivity contribution in [1.82, 2.24) is 0 Å². The minimum Gasteiger partial charge on any atom is -0.454 e. The molecule has 0 amide bonds. The molecule has 1 aliphatic heterocycles. The van der Waals surface area contributed by atoms with E-state index in [2.05, 4.69) is 40.4 Å². The molecular weight excluding hydrogens is 320 g/mol. The summed E-state index contributed by atoms with van der Waals surface area (Å²) in [5.74, 6) is -0.264. The van der Waals surface area contributed by atoms with Gasteiger partial charge < -0.3 is 14.3 Å². The highest BCUT2D eigenvalue weighted by Gasteiger charge is 2.73. The van der Waals surface area contributed by atoms with Crippen LogP contribution in [0.3, 0.4) is 0 Å². The van der Waals surface area contributed by atoms with Gasteiger partial charge in [-0.2, -0.15) is 0 Å². The van der Waals surface area contributed by atoms with Crippen LogP contribution in [0.15, 0.2) is 12.7 Å². The first-order valence-electron chi connectivity index (χ1n) is 9.18. The number of hydrogen-bond donors (Lipinski definition) is 1. The third kappa shape index (κ3) is 2.20. The van der Waals surface area contributed by atoms with Gasteiger partial charge in [-0.25, -0.2) is 0 Å². The van der Waals surface area contributed by atoms with Crippen molar-refractivity contribution in [3.63, 3.8) is 0 Å². The normalized spacial score (nSPS) is 41.9. The minimum absolute atomic E-state index is 0.0347. The Kier molecular flexibility index (Phi) is 4.10. The third-order valence-electron chi connectivity index (χ3n) is 7.41. The summed E-state index contributed by atoms with van der Waals surface area (Å²) < 4.78 is 12.7. The van der Waals surface area contributed by atoms with Gasteiger partial charge in [-0.05, 0) is 55.8 Å². The van der Waals surface area contributed by atoms with Crippen LogP contribution < -0.4 is 0 Å². The maximum absolute atomic E-state index is 12.6. The van der Waals surface area contributed by atoms with Crippen molar-refractivity contribution >= 4 is 14.3 Å². The van der Waals surface area contributed by atoms with Gasteiger partial charge in [0.1, 0.15) is 5.60 Å². The topological polar surface area (TPSA) is 55.8 Å². The molecule has 5 atom stereocenters. The third-order valence-corrected chi connectivity index (χ3v) is 11.9. The summed E-state index contributed by atoms with van der Waals surface area (Å²) in [5.41, 5.74) is -1.11. The highest BCUT2D eigenvalue weighted by molar-refractivity contribution is 6.74. The monoisotopic (exact) mass is 352 g/mol. The Bertz CT molecular complexity index is 552. The molecule has 3 aliphatic carbocycles. The number of carbonyl (C=O) groups is 1. The lowest BCUT2D eigenvalue weighted by molar-refractivity contribution is -0.176. The van der Waals surface area contributed by atoms with Crippen LogP contribution in [-0.4, -0.2) is 37.7 Å². The van der Waals surface area contributed by atoms with E-state index in [-0.39, 0.29) is 23.7 Å². The van der Waals surface area contributed by atoms with Gasteiger partial charge in [0.05, 0.1) is 24.0 Å². The van der Waals surface area contributed by atoms with Crippen LogP contribution in [-0.2, 0) is 14.0 Å². The highest BCUT2D eigenvalue weighted by atomic mass is 28.4. The molecule has 3 saturated carbocycles. The summed E-state index contributed by atoms with van der Waals surface area (Å²) in [6.45, 7) is 15.1. The molecule has 24 heavy (non-hydrogen) atoms. The number of ether oxygens (including phenoxy) is 1. The van der Waals surface area contributed by atoms with Crippen molar-refractivity contribution < 1.29 is 19.1 Å². The molecule has 0 aromatic carbocycles. The number of carbonyl (C=O) groups excluding carboxylic acids is 1. The summed E-state index contributed by atoms with van der Waals surface area (Å²) in [7, 11) is -1.99. The molecule has 1 spiro atoms. The maximum Gasteiger partial charge on any atom is 0.313 e. The zero-order chi connectivity index (χ0) is 18.0. The van der Waals surface area contributed by atoms with Crippen LogP contribution in [0.5, 0.6) is 0 Å². The van der Waals surface area contributed by atoms with Crippen LogP contribution in [0.2, 0.25) is 18.1 Å². The summed E-state index contributed by atoms with van der Waals surface area (Å²) >= 11 is 0. The second-order valence-corrected chi connectivity index (χ2v) is 14.3. The minimum atomic E-state index is -1.99. The second-order valence-electron chi connectivity index (χ2n) is 9.50. The van der Waals surface area contributed by atoms with Crippen molar-refractivity contribution in [2.24, 2.45) is 17.3 Å². The summed E-state index contributed by atoms with van der Waals surface area (Å²) in [6.07, 6.45) is 5.55. The predicted octanol–water partition coefficient (Wildman–Crippen LogP) is 3.66. The smallest absolute Gasteiger partial charge is 0.313 e. The standard InChI is InChI=1S/C19H32O4Si/c1-7-18-11-13-8-9-19(18,14(12-20)16(21)22-18)15(10-13)23-24(5,6)17(2,3)4/h7,13-15,20H,1,8-12H2,2-6H3/t13-,14-,15-,18+,19-/m0/s1. The molecule has 0 aromatic heterocycles. The fraction of sp³-hybridized carbons (Fsp3) is 0.842. The number of esters is 1. The van der Waals surface area contributed by atoms with Gasteiger partial charge in [0, 0.05) is 0 Å². The molecule has 5 heteroatoms. The van der Waals surface area contributed by atoms with E-state index >= 15 is 0 Å². The molecule has 0 unspecified atom stereocenters. The first kappa shape index (κ1) is 18.1. The average molecular weight is 353 g/mol. The molecule has 1 heterocycles. The molecule has 4 rings (SSSR count). The van der Waals surface area contributed by atoms with Crippen molar-refractivity contribution in [2.75, 3.05) is 6.61 Å². The van der Waals surface area contributed by atoms with Crippen LogP contribution in [0.25, 0.3) is 0 Å². The van der Waals surface area contributed by atoms with E-state index in [4.69, 9.17) is 9.16 Å². The van der Waals surface area contributed by atoms with E-state index in [0.29, 0.717) is 5.92 Å². The Hall–Kier alpha value is -0.653. The first-order chi connectivity index (χ1) is 11.0. The Morgan fingerprint density at radius 1 is 1.46 bits per heavy atom. The van der Waals surface area contributed by atoms with E-state index in [1.807, 2.05) is 6.08 Å². The molecule has 4 nitrogen and oxygen atoms in total. The van der Waals surface area contributed by atoms with Gasteiger partial charge in [0.2, 0.25) is 0 Å². The van der Waals surface area contributed by atoms with Crippen molar-refractivity contribution in [2.45, 2.75) is 76.3 Å².